The molecule has 0 bridgehead atoms. The summed E-state index contributed by atoms with van der Waals surface area (Å²) in [6.45, 7) is 1.47. The number of alkyl halides is 9. The van der Waals surface area contributed by atoms with Gasteiger partial charge in [0, 0.05) is 0 Å². The van der Waals surface area contributed by atoms with Gasteiger partial charge in [-0.3, -0.25) is 0 Å². The molecule has 0 amide bonds. The fourth-order valence-corrected chi connectivity index (χ4v) is 1.52. The zero-order valence-corrected chi connectivity index (χ0v) is 10.7. The average Bonchev–Trinajstić information content (AvgIpc) is 2.37. The summed E-state index contributed by atoms with van der Waals surface area (Å²) in [7, 11) is 0. The van der Waals surface area contributed by atoms with Gasteiger partial charge in [0.05, 0.1) is 0 Å². The lowest BCUT2D eigenvalue weighted by molar-refractivity contribution is -0.406. The lowest BCUT2D eigenvalue weighted by Crippen LogP contribution is -2.62. The van der Waals surface area contributed by atoms with Gasteiger partial charge in [0.2, 0.25) is 0 Å². The van der Waals surface area contributed by atoms with Crippen molar-refractivity contribution in [2.24, 2.45) is 0 Å². The van der Waals surface area contributed by atoms with Crippen LogP contribution in [0.1, 0.15) is 17.2 Å². The third-order valence-electron chi connectivity index (χ3n) is 2.91. The molecule has 0 aliphatic carbocycles. The minimum atomic E-state index is -7.02. The highest BCUT2D eigenvalue weighted by Gasteiger charge is 2.83. The second kappa shape index (κ2) is 5.32. The van der Waals surface area contributed by atoms with Crippen LogP contribution in [-0.4, -0.2) is 29.1 Å². The third-order valence-corrected chi connectivity index (χ3v) is 2.91. The Morgan fingerprint density at radius 3 is 1.55 bits per heavy atom. The van der Waals surface area contributed by atoms with Crippen molar-refractivity contribution in [2.75, 3.05) is 0 Å². The van der Waals surface area contributed by atoms with Crippen LogP contribution >= 0.6 is 0 Å². The zero-order chi connectivity index (χ0) is 17.6. The molecule has 0 fully saturated rings. The van der Waals surface area contributed by atoms with Crippen LogP contribution in [0.25, 0.3) is 0 Å². The Labute approximate surface area is 118 Å². The molecule has 0 saturated heterocycles. The van der Waals surface area contributed by atoms with Crippen molar-refractivity contribution >= 4 is 0 Å². The third kappa shape index (κ3) is 2.75. The summed E-state index contributed by atoms with van der Waals surface area (Å²) in [5, 5.41) is 9.17. The molecule has 0 aliphatic rings. The van der Waals surface area contributed by atoms with Gasteiger partial charge in [0.1, 0.15) is 6.10 Å². The second-order valence-electron chi connectivity index (χ2n) is 4.58. The summed E-state index contributed by atoms with van der Waals surface area (Å²) in [6.07, 6.45) is -10.5. The highest BCUT2D eigenvalue weighted by molar-refractivity contribution is 5.25. The Balaban J connectivity index is 3.29. The molecule has 0 spiro atoms. The number of hydrogen-bond acceptors (Lipinski definition) is 1. The number of hydrogen-bond donors (Lipinski definition) is 1. The van der Waals surface area contributed by atoms with Crippen molar-refractivity contribution in [3.63, 3.8) is 0 Å². The van der Waals surface area contributed by atoms with Gasteiger partial charge in [0.25, 0.3) is 0 Å². The molecule has 1 aromatic rings. The minimum Gasteiger partial charge on any atom is -0.382 e. The predicted octanol–water partition coefficient (Wildman–Crippen LogP) is 4.50. The van der Waals surface area contributed by atoms with Crippen LogP contribution < -0.4 is 0 Å². The molecule has 10 heteroatoms. The zero-order valence-electron chi connectivity index (χ0n) is 10.7. The first-order valence-corrected chi connectivity index (χ1v) is 5.61. The monoisotopic (exact) mass is 340 g/mol. The maximum absolute atomic E-state index is 13.4. The first-order valence-electron chi connectivity index (χ1n) is 5.61. The molecule has 1 aromatic carbocycles. The Hall–Kier alpha value is -1.45. The Morgan fingerprint density at radius 1 is 0.773 bits per heavy atom. The standard InChI is InChI=1S/C12H9F9O/c1-6-2-4-7(5-3-6)8(22)9(13,14)10(15,16)11(17,18)12(19,20)21/h2-5,8,22H,1H3. The van der Waals surface area contributed by atoms with Gasteiger partial charge >= 0.3 is 23.9 Å². The van der Waals surface area contributed by atoms with E-state index in [9.17, 15) is 44.6 Å². The van der Waals surface area contributed by atoms with E-state index in [-0.39, 0.29) is 0 Å². The fraction of sp³-hybridized carbons (Fsp3) is 0.500. The van der Waals surface area contributed by atoms with Gasteiger partial charge < -0.3 is 5.11 Å². The summed E-state index contributed by atoms with van der Waals surface area (Å²) >= 11 is 0. The van der Waals surface area contributed by atoms with E-state index in [0.29, 0.717) is 5.56 Å². The number of rotatable bonds is 4. The summed E-state index contributed by atoms with van der Waals surface area (Å²) in [6, 6.07) is 3.62. The van der Waals surface area contributed by atoms with Crippen LogP contribution in [0, 0.1) is 6.92 Å². The summed E-state index contributed by atoms with van der Waals surface area (Å²) in [5.74, 6) is -19.9. The van der Waals surface area contributed by atoms with Crippen molar-refractivity contribution in [3.8, 4) is 0 Å². The van der Waals surface area contributed by atoms with E-state index < -0.39 is 35.6 Å². The largest absolute Gasteiger partial charge is 0.460 e. The van der Waals surface area contributed by atoms with Crippen molar-refractivity contribution < 1.29 is 44.6 Å². The fourth-order valence-electron chi connectivity index (χ4n) is 1.52. The molecular formula is C12H9F9O. The second-order valence-corrected chi connectivity index (χ2v) is 4.58. The van der Waals surface area contributed by atoms with Gasteiger partial charge in [-0.2, -0.15) is 39.5 Å². The van der Waals surface area contributed by atoms with Gasteiger partial charge in [-0.15, -0.1) is 0 Å². The molecule has 1 rings (SSSR count). The van der Waals surface area contributed by atoms with E-state index in [1.165, 1.54) is 6.92 Å². The van der Waals surface area contributed by atoms with Gasteiger partial charge in [-0.05, 0) is 12.5 Å². The molecule has 0 aromatic heterocycles. The first kappa shape index (κ1) is 18.6. The highest BCUT2D eigenvalue weighted by Crippen LogP contribution is 2.56. The Morgan fingerprint density at radius 2 is 1.18 bits per heavy atom. The Bertz CT molecular complexity index is 518. The molecule has 0 heterocycles. The highest BCUT2D eigenvalue weighted by atomic mass is 19.4. The molecule has 1 nitrogen and oxygen atoms in total. The maximum Gasteiger partial charge on any atom is 0.460 e. The number of aliphatic hydroxyl groups is 1. The van der Waals surface area contributed by atoms with E-state index in [4.69, 9.17) is 0 Å². The van der Waals surface area contributed by atoms with Crippen LogP contribution in [0.2, 0.25) is 0 Å². The van der Waals surface area contributed by atoms with Crippen molar-refractivity contribution in [1.82, 2.24) is 0 Å². The van der Waals surface area contributed by atoms with Crippen LogP contribution in [-0.2, 0) is 0 Å². The number of aryl methyl sites for hydroxylation is 1. The van der Waals surface area contributed by atoms with Crippen LogP contribution in [0.4, 0.5) is 39.5 Å². The van der Waals surface area contributed by atoms with Gasteiger partial charge in [-0.1, -0.05) is 29.8 Å². The van der Waals surface area contributed by atoms with Crippen LogP contribution in [0.3, 0.4) is 0 Å². The van der Waals surface area contributed by atoms with E-state index >= 15 is 0 Å². The van der Waals surface area contributed by atoms with E-state index in [2.05, 4.69) is 0 Å². The lowest BCUT2D eigenvalue weighted by Gasteiger charge is -2.35. The number of benzene rings is 1. The summed E-state index contributed by atoms with van der Waals surface area (Å²) < 4.78 is 114. The van der Waals surface area contributed by atoms with Crippen LogP contribution in [0.15, 0.2) is 24.3 Å². The van der Waals surface area contributed by atoms with Crippen molar-refractivity contribution in [2.45, 2.75) is 37.0 Å². The summed E-state index contributed by atoms with van der Waals surface area (Å²) in [4.78, 5) is 0. The topological polar surface area (TPSA) is 20.2 Å². The first-order chi connectivity index (χ1) is 9.66. The van der Waals surface area contributed by atoms with Gasteiger partial charge in [-0.25, -0.2) is 0 Å². The molecule has 126 valence electrons. The predicted molar refractivity (Wildman–Crippen MR) is 57.0 cm³/mol. The normalized spacial score (nSPS) is 15.8. The SMILES string of the molecule is Cc1ccc(C(O)C(F)(F)C(F)(F)C(F)(F)C(F)(F)F)cc1. The Kier molecular flexibility index (Phi) is 4.50. The smallest absolute Gasteiger partial charge is 0.382 e. The van der Waals surface area contributed by atoms with Crippen molar-refractivity contribution in [3.05, 3.63) is 35.4 Å². The van der Waals surface area contributed by atoms with Crippen LogP contribution in [0.5, 0.6) is 0 Å². The number of halogens is 9. The quantitative estimate of drug-likeness (QED) is 0.801. The molecular weight excluding hydrogens is 331 g/mol. The lowest BCUT2D eigenvalue weighted by atomic mass is 9.94. The van der Waals surface area contributed by atoms with Crippen molar-refractivity contribution in [1.29, 1.82) is 0 Å². The maximum atomic E-state index is 13.4. The minimum absolute atomic E-state index is 0.464. The summed E-state index contributed by atoms with van der Waals surface area (Å²) in [5.41, 5.74) is -0.458. The van der Waals surface area contributed by atoms with E-state index in [0.717, 1.165) is 24.3 Å². The van der Waals surface area contributed by atoms with Gasteiger partial charge in [0.15, 0.2) is 0 Å². The molecule has 1 N–H and O–H groups in total. The average molecular weight is 340 g/mol. The molecule has 0 saturated carbocycles. The molecule has 1 unspecified atom stereocenters. The number of aliphatic hydroxyl groups excluding tert-OH is 1. The molecule has 0 radical (unpaired) electrons. The molecule has 0 aliphatic heterocycles. The van der Waals surface area contributed by atoms with E-state index in [1.54, 1.807) is 0 Å². The van der Waals surface area contributed by atoms with E-state index in [1.807, 2.05) is 0 Å². The molecule has 1 atom stereocenters. The molecule has 22 heavy (non-hydrogen) atoms.